The molecule has 0 aromatic heterocycles. The first-order chi connectivity index (χ1) is 29.3. The van der Waals surface area contributed by atoms with Crippen LogP contribution in [0.5, 0.6) is 0 Å². The van der Waals surface area contributed by atoms with Crippen LogP contribution in [0.3, 0.4) is 0 Å². The number of carboxylic acids is 1. The van der Waals surface area contributed by atoms with Gasteiger partial charge in [-0.1, -0.05) is 34.1 Å². The van der Waals surface area contributed by atoms with Gasteiger partial charge >= 0.3 is 12.0 Å². The molecule has 2 saturated heterocycles. The summed E-state index contributed by atoms with van der Waals surface area (Å²) >= 11 is 1.83. The Kier molecular flexibility index (Phi) is 23.6. The Morgan fingerprint density at radius 1 is 0.710 bits per heavy atom. The van der Waals surface area contributed by atoms with Gasteiger partial charge in [-0.05, 0) is 63.2 Å². The number of hydrogen-bond donors (Lipinski definition) is 12. The number of carboxylic acid groups (broad SMARTS) is 1. The maximum Gasteiger partial charge on any atom is 0.315 e. The second-order valence-electron chi connectivity index (χ2n) is 16.5. The highest BCUT2D eigenvalue weighted by atomic mass is 32.2. The molecule has 13 N–H and O–H groups in total. The number of hydrogen-bond acceptors (Lipinski definition) is 12. The van der Waals surface area contributed by atoms with Crippen molar-refractivity contribution in [1.29, 1.82) is 0 Å². The Bertz CT molecular complexity index is 1580. The van der Waals surface area contributed by atoms with Gasteiger partial charge in [0, 0.05) is 42.7 Å². The Morgan fingerprint density at radius 3 is 2.03 bits per heavy atom. The molecule has 0 aromatic carbocycles. The molecule has 10 amide bonds. The summed E-state index contributed by atoms with van der Waals surface area (Å²) in [5.41, 5.74) is 6.96. The van der Waals surface area contributed by atoms with Crippen molar-refractivity contribution in [3.05, 3.63) is 0 Å². The quantitative estimate of drug-likeness (QED) is 0.0172. The van der Waals surface area contributed by atoms with Gasteiger partial charge in [0.15, 0.2) is 0 Å². The minimum absolute atomic E-state index is 0.0128. The molecule has 7 atom stereocenters. The molecule has 0 aromatic rings. The molecule has 0 radical (unpaired) electrons. The summed E-state index contributed by atoms with van der Waals surface area (Å²) in [6, 6.07) is -3.51. The van der Waals surface area contributed by atoms with Crippen LogP contribution in [0.15, 0.2) is 0 Å². The summed E-state index contributed by atoms with van der Waals surface area (Å²) < 4.78 is 0. The highest BCUT2D eigenvalue weighted by molar-refractivity contribution is 8.00. The van der Waals surface area contributed by atoms with E-state index in [1.807, 2.05) is 25.6 Å². The fraction of sp³-hybridized carbons (Fsp3) is 0.744. The van der Waals surface area contributed by atoms with Crippen molar-refractivity contribution in [2.45, 2.75) is 140 Å². The molecule has 62 heavy (non-hydrogen) atoms. The van der Waals surface area contributed by atoms with Gasteiger partial charge in [-0.2, -0.15) is 11.8 Å². The van der Waals surface area contributed by atoms with Crippen LogP contribution in [0, 0.1) is 17.8 Å². The van der Waals surface area contributed by atoms with E-state index in [0.29, 0.717) is 37.5 Å². The maximum absolute atomic E-state index is 13.4. The Labute approximate surface area is 365 Å². The zero-order chi connectivity index (χ0) is 46.4. The number of nitrogens with two attached hydrogens (primary N) is 1. The standard InChI is InChI=1S/C39H66N10O12S/c1-21(2)15-23(17-30(51)49-61)36(57)46-26(16-22(3)4)38(59)45-25(12-13-33(54)55)37(58)43-18-31(52)42-19-32(53)44-24(35(40)56)9-7-8-14-41-29(50)11-6-5-10-28-34-27(20-62-28)47-39(60)48-34/h21-28,34,61H,5-20H2,1-4H3,(H2,40,56)(H,41,50)(H,42,52)(H,43,58)(H,44,53)(H,45,59)(H,46,57)(H,49,51)(H,54,55)(H2,47,48,60)/t23?,24-,25-,26-,27-,28-,34-/m0/s1. The Hall–Kier alpha value is -5.19. The van der Waals surface area contributed by atoms with E-state index in [-0.39, 0.29) is 68.0 Å². The van der Waals surface area contributed by atoms with Crippen LogP contribution >= 0.6 is 11.8 Å². The smallest absolute Gasteiger partial charge is 0.315 e. The lowest BCUT2D eigenvalue weighted by atomic mass is 9.92. The SMILES string of the molecule is CC(C)CC(CC(=O)NO)C(=O)N[C@@H](CC(C)C)C(=O)N[C@@H](CCC(=O)O)C(=O)NCC(=O)NCC(=O)N[C@@H](CCCCNC(=O)CCCC[C@@H]1SC[C@@H]2NC(=O)N[C@@H]21)C(N)=O. The fourth-order valence-corrected chi connectivity index (χ4v) is 8.59. The molecule has 2 aliphatic rings. The summed E-state index contributed by atoms with van der Waals surface area (Å²) in [6.07, 6.45) is 3.13. The van der Waals surface area contributed by atoms with E-state index in [9.17, 15) is 53.1 Å². The lowest BCUT2D eigenvalue weighted by Crippen LogP contribution is -2.55. The summed E-state index contributed by atoms with van der Waals surface area (Å²) in [5.74, 6) is -6.99. The number of nitrogens with one attached hydrogen (secondary N) is 9. The summed E-state index contributed by atoms with van der Waals surface area (Å²) in [6.45, 7) is 6.36. The van der Waals surface area contributed by atoms with Gasteiger partial charge in [0.2, 0.25) is 47.3 Å². The molecule has 2 aliphatic heterocycles. The lowest BCUT2D eigenvalue weighted by Gasteiger charge is -2.26. The molecule has 2 rings (SSSR count). The average molecular weight is 899 g/mol. The number of thioether (sulfide) groups is 1. The number of carbonyl (C=O) groups excluding carboxylic acids is 9. The van der Waals surface area contributed by atoms with Gasteiger partial charge in [-0.25, -0.2) is 10.3 Å². The van der Waals surface area contributed by atoms with E-state index >= 15 is 0 Å². The van der Waals surface area contributed by atoms with Gasteiger partial charge in [0.25, 0.3) is 0 Å². The van der Waals surface area contributed by atoms with E-state index in [1.54, 1.807) is 13.8 Å². The number of hydroxylamine groups is 1. The van der Waals surface area contributed by atoms with E-state index in [0.717, 1.165) is 18.6 Å². The number of amides is 10. The van der Waals surface area contributed by atoms with Crippen molar-refractivity contribution in [2.24, 2.45) is 23.5 Å². The average Bonchev–Trinajstić information content (AvgIpc) is 3.76. The van der Waals surface area contributed by atoms with Crippen LogP contribution in [0.2, 0.25) is 0 Å². The first kappa shape index (κ1) is 52.9. The van der Waals surface area contributed by atoms with E-state index in [1.165, 1.54) is 5.48 Å². The fourth-order valence-electron chi connectivity index (χ4n) is 7.05. The number of carbonyl (C=O) groups is 10. The summed E-state index contributed by atoms with van der Waals surface area (Å²) in [7, 11) is 0. The highest BCUT2D eigenvalue weighted by Crippen LogP contribution is 2.33. The maximum atomic E-state index is 13.4. The molecule has 0 saturated carbocycles. The minimum Gasteiger partial charge on any atom is -0.481 e. The molecule has 1 unspecified atom stereocenters. The number of aliphatic carboxylic acids is 1. The largest absolute Gasteiger partial charge is 0.481 e. The molecule has 23 heteroatoms. The van der Waals surface area contributed by atoms with Crippen LogP contribution < -0.4 is 53.7 Å². The predicted octanol–water partition coefficient (Wildman–Crippen LogP) is -1.36. The third kappa shape index (κ3) is 20.6. The van der Waals surface area contributed by atoms with Crippen LogP contribution in [0.4, 0.5) is 4.79 Å². The van der Waals surface area contributed by atoms with Gasteiger partial charge in [-0.3, -0.25) is 48.4 Å². The van der Waals surface area contributed by atoms with Crippen molar-refractivity contribution < 1.29 is 58.3 Å². The van der Waals surface area contributed by atoms with Crippen LogP contribution in [-0.2, 0) is 43.2 Å². The second kappa shape index (κ2) is 27.7. The first-order valence-electron chi connectivity index (χ1n) is 21.1. The third-order valence-electron chi connectivity index (χ3n) is 10.2. The highest BCUT2D eigenvalue weighted by Gasteiger charge is 2.42. The minimum atomic E-state index is -1.44. The molecular weight excluding hydrogens is 833 g/mol. The number of rotatable bonds is 30. The van der Waals surface area contributed by atoms with Crippen LogP contribution in [0.25, 0.3) is 0 Å². The summed E-state index contributed by atoms with van der Waals surface area (Å²) in [4.78, 5) is 124. The normalized spacial score (nSPS) is 18.5. The van der Waals surface area contributed by atoms with Crippen LogP contribution in [-0.4, -0.2) is 130 Å². The zero-order valence-corrected chi connectivity index (χ0v) is 36.8. The van der Waals surface area contributed by atoms with E-state index < -0.39 is 90.9 Å². The molecule has 350 valence electrons. The zero-order valence-electron chi connectivity index (χ0n) is 36.0. The number of urea groups is 1. The van der Waals surface area contributed by atoms with Gasteiger partial charge in [0.1, 0.15) is 18.1 Å². The number of unbranched alkanes of at least 4 members (excludes halogenated alkanes) is 2. The Balaban J connectivity index is 1.78. The molecule has 2 fully saturated rings. The lowest BCUT2D eigenvalue weighted by molar-refractivity contribution is -0.139. The molecule has 22 nitrogen and oxygen atoms in total. The molecular formula is C39H66N10O12S. The van der Waals surface area contributed by atoms with E-state index in [4.69, 9.17) is 10.9 Å². The van der Waals surface area contributed by atoms with E-state index in [2.05, 4.69) is 42.5 Å². The number of primary amides is 1. The molecule has 0 aliphatic carbocycles. The molecule has 0 bridgehead atoms. The van der Waals surface area contributed by atoms with Crippen molar-refractivity contribution >= 4 is 71.0 Å². The summed E-state index contributed by atoms with van der Waals surface area (Å²) in [5, 5.41) is 39.4. The Morgan fingerprint density at radius 2 is 1.39 bits per heavy atom. The van der Waals surface area contributed by atoms with Crippen molar-refractivity contribution in [1.82, 2.24) is 48.0 Å². The van der Waals surface area contributed by atoms with Crippen molar-refractivity contribution in [3.8, 4) is 0 Å². The van der Waals surface area contributed by atoms with Crippen molar-refractivity contribution in [3.63, 3.8) is 0 Å². The van der Waals surface area contributed by atoms with Gasteiger partial charge in [-0.15, -0.1) is 0 Å². The predicted molar refractivity (Wildman–Crippen MR) is 226 cm³/mol. The van der Waals surface area contributed by atoms with Crippen LogP contribution in [0.1, 0.15) is 105 Å². The molecule has 0 spiro atoms. The van der Waals surface area contributed by atoms with Gasteiger partial charge < -0.3 is 53.4 Å². The third-order valence-corrected chi connectivity index (χ3v) is 11.7. The second-order valence-corrected chi connectivity index (χ2v) is 17.8. The monoisotopic (exact) mass is 898 g/mol. The number of fused-ring (bicyclic) bond motifs is 1. The molecule has 2 heterocycles. The topological polar surface area (TPSA) is 345 Å². The first-order valence-corrected chi connectivity index (χ1v) is 22.2. The van der Waals surface area contributed by atoms with Gasteiger partial charge in [0.05, 0.1) is 25.2 Å². The van der Waals surface area contributed by atoms with Crippen molar-refractivity contribution in [2.75, 3.05) is 25.4 Å².